The minimum absolute atomic E-state index is 0.186. The molecule has 0 N–H and O–H groups in total. The van der Waals surface area contributed by atoms with Crippen LogP contribution in [0.2, 0.25) is 0 Å². The van der Waals surface area contributed by atoms with Crippen LogP contribution in [0.5, 0.6) is 0 Å². The van der Waals surface area contributed by atoms with Crippen molar-refractivity contribution >= 4 is 12.4 Å². The van der Waals surface area contributed by atoms with Crippen LogP contribution in [0, 0.1) is 6.92 Å². The summed E-state index contributed by atoms with van der Waals surface area (Å²) in [6, 6.07) is 7.81. The van der Waals surface area contributed by atoms with Crippen molar-refractivity contribution in [3.8, 4) is 0 Å². The third-order valence-electron chi connectivity index (χ3n) is 3.06. The quantitative estimate of drug-likeness (QED) is 0.786. The van der Waals surface area contributed by atoms with Gasteiger partial charge in [0.1, 0.15) is 5.60 Å². The van der Waals surface area contributed by atoms with E-state index in [9.17, 15) is 9.59 Å². The van der Waals surface area contributed by atoms with E-state index in [-0.39, 0.29) is 11.5 Å². The van der Waals surface area contributed by atoms with E-state index in [4.69, 9.17) is 0 Å². The van der Waals surface area contributed by atoms with E-state index in [1.54, 1.807) is 0 Å². The van der Waals surface area contributed by atoms with Crippen LogP contribution < -0.4 is 0 Å². The van der Waals surface area contributed by atoms with E-state index in [2.05, 4.69) is 4.74 Å². The van der Waals surface area contributed by atoms with Gasteiger partial charge in [-0.05, 0) is 52.7 Å². The van der Waals surface area contributed by atoms with Gasteiger partial charge in [0.2, 0.25) is 0 Å². The molecule has 1 aliphatic rings. The monoisotopic (exact) mass is 291 g/mol. The molecular weight excluding hydrogens is 266 g/mol. The molecule has 1 aromatic carbocycles. The number of benzene rings is 1. The third-order valence-corrected chi connectivity index (χ3v) is 3.06. The van der Waals surface area contributed by atoms with E-state index < -0.39 is 0 Å². The van der Waals surface area contributed by atoms with Gasteiger partial charge in [0, 0.05) is 18.7 Å². The second-order valence-electron chi connectivity index (χ2n) is 6.20. The van der Waals surface area contributed by atoms with Crippen molar-refractivity contribution in [1.29, 1.82) is 0 Å². The second-order valence-corrected chi connectivity index (χ2v) is 6.20. The normalized spacial score (nSPS) is 14.2. The predicted octanol–water partition coefficient (Wildman–Crippen LogP) is 3.19. The molecule has 0 saturated carbocycles. The zero-order valence-corrected chi connectivity index (χ0v) is 13.4. The molecule has 4 heteroatoms. The van der Waals surface area contributed by atoms with E-state index in [1.165, 1.54) is 0 Å². The molecule has 2 rings (SSSR count). The summed E-state index contributed by atoms with van der Waals surface area (Å²) in [5, 5.41) is 0. The van der Waals surface area contributed by atoms with Gasteiger partial charge in [-0.15, -0.1) is 0 Å². The Labute approximate surface area is 127 Å². The lowest BCUT2D eigenvalue weighted by atomic mass is 10.1. The highest BCUT2D eigenvalue weighted by molar-refractivity contribution is 5.94. The molecule has 0 unspecified atom stereocenters. The lowest BCUT2D eigenvalue weighted by molar-refractivity contribution is -0.138. The second kappa shape index (κ2) is 7.81. The molecule has 0 aliphatic carbocycles. The molecule has 4 nitrogen and oxygen atoms in total. The first-order chi connectivity index (χ1) is 9.83. The van der Waals surface area contributed by atoms with Gasteiger partial charge in [0.15, 0.2) is 0 Å². The molecule has 1 aliphatic heterocycles. The molecule has 116 valence electrons. The van der Waals surface area contributed by atoms with Crippen molar-refractivity contribution in [1.82, 2.24) is 4.90 Å². The molecule has 1 heterocycles. The van der Waals surface area contributed by atoms with Crippen molar-refractivity contribution in [2.75, 3.05) is 13.1 Å². The zero-order chi connectivity index (χ0) is 15.9. The van der Waals surface area contributed by atoms with Crippen molar-refractivity contribution in [2.24, 2.45) is 0 Å². The number of carbonyl (C=O) groups is 2. The smallest absolute Gasteiger partial charge is 0.293 e. The summed E-state index contributed by atoms with van der Waals surface area (Å²) < 4.78 is 4.55. The van der Waals surface area contributed by atoms with Gasteiger partial charge in [0.25, 0.3) is 12.4 Å². The first-order valence-electron chi connectivity index (χ1n) is 7.31. The molecule has 1 fully saturated rings. The van der Waals surface area contributed by atoms with Gasteiger partial charge in [-0.25, -0.2) is 0 Å². The highest BCUT2D eigenvalue weighted by Gasteiger charge is 2.18. The molecule has 1 saturated heterocycles. The molecule has 0 bridgehead atoms. The Morgan fingerprint density at radius 2 is 1.86 bits per heavy atom. The Bertz CT molecular complexity index is 471. The van der Waals surface area contributed by atoms with E-state index in [0.717, 1.165) is 37.1 Å². The van der Waals surface area contributed by atoms with E-state index in [0.29, 0.717) is 6.47 Å². The fourth-order valence-electron chi connectivity index (χ4n) is 2.03. The predicted molar refractivity (Wildman–Crippen MR) is 83.2 cm³/mol. The Morgan fingerprint density at radius 3 is 2.29 bits per heavy atom. The number of hydrogen-bond acceptors (Lipinski definition) is 3. The van der Waals surface area contributed by atoms with Crippen molar-refractivity contribution in [2.45, 2.75) is 46.1 Å². The van der Waals surface area contributed by atoms with Gasteiger partial charge < -0.3 is 9.64 Å². The number of ether oxygens (including phenoxy) is 1. The maximum Gasteiger partial charge on any atom is 0.293 e. The minimum Gasteiger partial charge on any atom is -0.462 e. The number of aryl methyl sites for hydroxylation is 1. The molecule has 21 heavy (non-hydrogen) atoms. The Kier molecular flexibility index (Phi) is 6.40. The van der Waals surface area contributed by atoms with Crippen LogP contribution in [-0.2, 0) is 9.53 Å². The largest absolute Gasteiger partial charge is 0.462 e. The summed E-state index contributed by atoms with van der Waals surface area (Å²) in [6.45, 7) is 9.78. The summed E-state index contributed by atoms with van der Waals surface area (Å²) in [4.78, 5) is 23.5. The number of carbonyl (C=O) groups excluding carboxylic acids is 2. The first kappa shape index (κ1) is 17.2. The molecule has 1 aromatic rings. The highest BCUT2D eigenvalue weighted by atomic mass is 16.5. The molecule has 0 aromatic heterocycles. The summed E-state index contributed by atoms with van der Waals surface area (Å²) in [5.74, 6) is 0.186. The summed E-state index contributed by atoms with van der Waals surface area (Å²) >= 11 is 0. The molecule has 0 atom stereocenters. The zero-order valence-electron chi connectivity index (χ0n) is 13.4. The molecule has 1 amide bonds. The summed E-state index contributed by atoms with van der Waals surface area (Å²) in [5.41, 5.74) is 1.66. The van der Waals surface area contributed by atoms with E-state index >= 15 is 0 Å². The van der Waals surface area contributed by atoms with Gasteiger partial charge in [-0.1, -0.05) is 17.7 Å². The fourth-order valence-corrected chi connectivity index (χ4v) is 2.03. The fraction of sp³-hybridized carbons (Fsp3) is 0.529. The maximum atomic E-state index is 11.9. The highest BCUT2D eigenvalue weighted by Crippen LogP contribution is 2.13. The van der Waals surface area contributed by atoms with Crippen molar-refractivity contribution < 1.29 is 14.3 Å². The van der Waals surface area contributed by atoms with Crippen LogP contribution in [-0.4, -0.2) is 36.0 Å². The lowest BCUT2D eigenvalue weighted by Crippen LogP contribution is -2.27. The average Bonchev–Trinajstić information content (AvgIpc) is 2.91. The van der Waals surface area contributed by atoms with Gasteiger partial charge >= 0.3 is 0 Å². The summed E-state index contributed by atoms with van der Waals surface area (Å²) in [6.07, 6.45) is 2.30. The van der Waals surface area contributed by atoms with Gasteiger partial charge in [-0.2, -0.15) is 0 Å². The molecule has 0 radical (unpaired) electrons. The van der Waals surface area contributed by atoms with Crippen LogP contribution in [0.15, 0.2) is 24.3 Å². The minimum atomic E-state index is -0.318. The van der Waals surface area contributed by atoms with Crippen LogP contribution in [0.3, 0.4) is 0 Å². The topological polar surface area (TPSA) is 46.6 Å². The van der Waals surface area contributed by atoms with Crippen LogP contribution in [0.4, 0.5) is 0 Å². The van der Waals surface area contributed by atoms with Gasteiger partial charge in [0.05, 0.1) is 0 Å². The van der Waals surface area contributed by atoms with E-state index in [1.807, 2.05) is 56.9 Å². The maximum absolute atomic E-state index is 11.9. The van der Waals surface area contributed by atoms with Crippen molar-refractivity contribution in [3.05, 3.63) is 35.4 Å². The Morgan fingerprint density at radius 1 is 1.24 bits per heavy atom. The number of hydrogen-bond donors (Lipinski definition) is 0. The third kappa shape index (κ3) is 6.43. The number of rotatable bonds is 2. The molecule has 0 spiro atoms. The summed E-state index contributed by atoms with van der Waals surface area (Å²) in [7, 11) is 0. The lowest BCUT2D eigenvalue weighted by Gasteiger charge is -2.15. The number of amides is 1. The van der Waals surface area contributed by atoms with Crippen molar-refractivity contribution in [3.63, 3.8) is 0 Å². The number of nitrogens with zero attached hydrogens (tertiary/aromatic N) is 1. The Hall–Kier alpha value is -1.84. The first-order valence-corrected chi connectivity index (χ1v) is 7.31. The molecular formula is C17H25NO3. The Balaban J connectivity index is 0.000000270. The number of likely N-dealkylation sites (tertiary alicyclic amines) is 1. The van der Waals surface area contributed by atoms with Crippen LogP contribution in [0.25, 0.3) is 0 Å². The van der Waals surface area contributed by atoms with Crippen LogP contribution in [0.1, 0.15) is 49.5 Å². The van der Waals surface area contributed by atoms with Gasteiger partial charge in [-0.3, -0.25) is 9.59 Å². The standard InChI is InChI=1S/C12H15NO.C5H10O2/c1-10-5-4-6-11(9-10)12(14)13-7-2-3-8-13;1-5(2,3)7-4-6/h4-6,9H,2-3,7-8H2,1H3;4H,1-3H3. The van der Waals surface area contributed by atoms with Crippen LogP contribution >= 0.6 is 0 Å². The SMILES string of the molecule is CC(C)(C)OC=O.Cc1cccc(C(=O)N2CCCC2)c1. The average molecular weight is 291 g/mol.